The van der Waals surface area contributed by atoms with Gasteiger partial charge in [0.15, 0.2) is 0 Å². The van der Waals surface area contributed by atoms with E-state index in [1.54, 1.807) is 20.8 Å². The molecule has 20 heavy (non-hydrogen) atoms. The van der Waals surface area contributed by atoms with Crippen LogP contribution in [0.25, 0.3) is 0 Å². The van der Waals surface area contributed by atoms with Crippen LogP contribution in [0.5, 0.6) is 0 Å². The molecule has 0 spiro atoms. The highest BCUT2D eigenvalue weighted by molar-refractivity contribution is 5.67. The lowest BCUT2D eigenvalue weighted by atomic mass is 9.91. The van der Waals surface area contributed by atoms with Gasteiger partial charge in [0.25, 0.3) is 0 Å². The number of halogens is 3. The molecule has 0 radical (unpaired) electrons. The molecular formula is C12H16F3N3O2. The van der Waals surface area contributed by atoms with E-state index >= 15 is 0 Å². The molecule has 1 aromatic rings. The van der Waals surface area contributed by atoms with Crippen LogP contribution in [0.4, 0.5) is 19.1 Å². The third kappa shape index (κ3) is 4.67. The Labute approximate surface area is 114 Å². The first-order chi connectivity index (χ1) is 9.00. The monoisotopic (exact) mass is 291 g/mol. The molecule has 0 aliphatic rings. The highest BCUT2D eigenvalue weighted by Crippen LogP contribution is 2.31. The Morgan fingerprint density at radius 2 is 1.80 bits per heavy atom. The molecule has 0 fully saturated rings. The number of carboxylic acids is 1. The highest BCUT2D eigenvalue weighted by atomic mass is 19.4. The van der Waals surface area contributed by atoms with E-state index in [-0.39, 0.29) is 24.6 Å². The van der Waals surface area contributed by atoms with Crippen LogP contribution in [0.1, 0.15) is 38.6 Å². The van der Waals surface area contributed by atoms with E-state index in [0.717, 1.165) is 6.07 Å². The Morgan fingerprint density at radius 1 is 1.25 bits per heavy atom. The quantitative estimate of drug-likeness (QED) is 0.892. The lowest BCUT2D eigenvalue weighted by Gasteiger charge is -2.20. The van der Waals surface area contributed by atoms with Gasteiger partial charge in [0.1, 0.15) is 5.69 Å². The number of carboxylic acid groups (broad SMARTS) is 1. The van der Waals surface area contributed by atoms with Gasteiger partial charge in [0.2, 0.25) is 5.95 Å². The molecule has 0 saturated heterocycles. The van der Waals surface area contributed by atoms with Gasteiger partial charge in [-0.1, -0.05) is 20.8 Å². The molecule has 8 heteroatoms. The number of carbonyl (C=O) groups is 1. The molecule has 0 saturated carbocycles. The van der Waals surface area contributed by atoms with Crippen molar-refractivity contribution in [2.45, 2.75) is 38.8 Å². The van der Waals surface area contributed by atoms with Crippen LogP contribution in [0.15, 0.2) is 6.07 Å². The zero-order valence-corrected chi connectivity index (χ0v) is 11.4. The first-order valence-electron chi connectivity index (χ1n) is 5.92. The Hall–Kier alpha value is -1.86. The van der Waals surface area contributed by atoms with Gasteiger partial charge in [0, 0.05) is 12.0 Å². The zero-order chi connectivity index (χ0) is 15.6. The zero-order valence-electron chi connectivity index (χ0n) is 11.4. The van der Waals surface area contributed by atoms with Gasteiger partial charge in [-0.3, -0.25) is 4.79 Å². The highest BCUT2D eigenvalue weighted by Gasteiger charge is 2.34. The fraction of sp³-hybridized carbons (Fsp3) is 0.583. The van der Waals surface area contributed by atoms with E-state index in [4.69, 9.17) is 5.11 Å². The van der Waals surface area contributed by atoms with Crippen molar-refractivity contribution >= 4 is 11.9 Å². The summed E-state index contributed by atoms with van der Waals surface area (Å²) < 4.78 is 38.3. The molecule has 5 nitrogen and oxygen atoms in total. The van der Waals surface area contributed by atoms with Gasteiger partial charge in [0.05, 0.1) is 12.1 Å². The SMILES string of the molecule is CC(C)(C)c1cc(C(F)(F)F)nc(NCCC(=O)O)n1. The molecule has 1 rings (SSSR count). The first kappa shape index (κ1) is 16.2. The predicted octanol–water partition coefficient (Wildman–Crippen LogP) is 2.68. The average molecular weight is 291 g/mol. The number of nitrogens with one attached hydrogen (secondary N) is 1. The van der Waals surface area contributed by atoms with E-state index in [1.165, 1.54) is 0 Å². The van der Waals surface area contributed by atoms with Crippen LogP contribution in [0.3, 0.4) is 0 Å². The summed E-state index contributed by atoms with van der Waals surface area (Å²) in [4.78, 5) is 17.8. The molecule has 0 amide bonds. The van der Waals surface area contributed by atoms with Crippen LogP contribution in [-0.2, 0) is 16.4 Å². The molecule has 0 aliphatic heterocycles. The summed E-state index contributed by atoms with van der Waals surface area (Å²) in [5, 5.41) is 11.0. The van der Waals surface area contributed by atoms with Crippen molar-refractivity contribution < 1.29 is 23.1 Å². The number of hydrogen-bond acceptors (Lipinski definition) is 4. The standard InChI is InChI=1S/C12H16F3N3O2/c1-11(2,3)7-6-8(12(13,14)15)18-10(17-7)16-5-4-9(19)20/h6H,4-5H2,1-3H3,(H,19,20)(H,16,17,18). The summed E-state index contributed by atoms with van der Waals surface area (Å²) in [7, 11) is 0. The van der Waals surface area contributed by atoms with E-state index in [9.17, 15) is 18.0 Å². The van der Waals surface area contributed by atoms with Gasteiger partial charge in [-0.25, -0.2) is 9.97 Å². The van der Waals surface area contributed by atoms with E-state index < -0.39 is 23.3 Å². The van der Waals surface area contributed by atoms with Crippen molar-refractivity contribution in [3.05, 3.63) is 17.5 Å². The maximum absolute atomic E-state index is 12.8. The maximum Gasteiger partial charge on any atom is 0.433 e. The summed E-state index contributed by atoms with van der Waals surface area (Å²) >= 11 is 0. The summed E-state index contributed by atoms with van der Waals surface area (Å²) in [6.45, 7) is 5.16. The van der Waals surface area contributed by atoms with Crippen molar-refractivity contribution in [1.29, 1.82) is 0 Å². The second kappa shape index (κ2) is 5.64. The molecule has 1 aromatic heterocycles. The van der Waals surface area contributed by atoms with Crippen LogP contribution >= 0.6 is 0 Å². The second-order valence-electron chi connectivity index (χ2n) is 5.28. The minimum Gasteiger partial charge on any atom is -0.481 e. The summed E-state index contributed by atoms with van der Waals surface area (Å²) in [6.07, 6.45) is -4.81. The third-order valence-electron chi connectivity index (χ3n) is 2.41. The van der Waals surface area contributed by atoms with Crippen molar-refractivity contribution in [1.82, 2.24) is 9.97 Å². The molecule has 0 aliphatic carbocycles. The molecule has 2 N–H and O–H groups in total. The predicted molar refractivity (Wildman–Crippen MR) is 66.5 cm³/mol. The minimum atomic E-state index is -4.58. The fourth-order valence-electron chi connectivity index (χ4n) is 1.34. The number of nitrogens with zero attached hydrogens (tertiary/aromatic N) is 2. The molecule has 0 aromatic carbocycles. The topological polar surface area (TPSA) is 75.1 Å². The Kier molecular flexibility index (Phi) is 4.57. The first-order valence-corrected chi connectivity index (χ1v) is 5.92. The van der Waals surface area contributed by atoms with Gasteiger partial charge in [-0.05, 0) is 6.07 Å². The van der Waals surface area contributed by atoms with Crippen molar-refractivity contribution in [3.63, 3.8) is 0 Å². The Bertz CT molecular complexity index is 463. The van der Waals surface area contributed by atoms with Gasteiger partial charge >= 0.3 is 12.1 Å². The van der Waals surface area contributed by atoms with Crippen molar-refractivity contribution in [2.75, 3.05) is 11.9 Å². The Morgan fingerprint density at radius 3 is 2.25 bits per heavy atom. The Balaban J connectivity index is 3.08. The van der Waals surface area contributed by atoms with Crippen LogP contribution in [0, 0.1) is 0 Å². The summed E-state index contributed by atoms with van der Waals surface area (Å²) in [6, 6.07) is 0.905. The molecular weight excluding hydrogens is 275 g/mol. The van der Waals surface area contributed by atoms with E-state index in [2.05, 4.69) is 15.3 Å². The normalized spacial score (nSPS) is 12.3. The van der Waals surface area contributed by atoms with Gasteiger partial charge < -0.3 is 10.4 Å². The average Bonchev–Trinajstić information content (AvgIpc) is 2.25. The van der Waals surface area contributed by atoms with Crippen LogP contribution in [-0.4, -0.2) is 27.6 Å². The van der Waals surface area contributed by atoms with Crippen LogP contribution < -0.4 is 5.32 Å². The number of anilines is 1. The number of aromatic nitrogens is 2. The van der Waals surface area contributed by atoms with Crippen LogP contribution in [0.2, 0.25) is 0 Å². The molecule has 0 atom stereocenters. The molecule has 0 unspecified atom stereocenters. The molecule has 112 valence electrons. The maximum atomic E-state index is 12.8. The van der Waals surface area contributed by atoms with Crippen molar-refractivity contribution in [3.8, 4) is 0 Å². The van der Waals surface area contributed by atoms with Crippen molar-refractivity contribution in [2.24, 2.45) is 0 Å². The fourth-order valence-corrected chi connectivity index (χ4v) is 1.34. The lowest BCUT2D eigenvalue weighted by Crippen LogP contribution is -2.20. The van der Waals surface area contributed by atoms with E-state index in [1.807, 2.05) is 0 Å². The number of aliphatic carboxylic acids is 1. The lowest BCUT2D eigenvalue weighted by molar-refractivity contribution is -0.141. The van der Waals surface area contributed by atoms with Gasteiger partial charge in [-0.15, -0.1) is 0 Å². The number of hydrogen-bond donors (Lipinski definition) is 2. The smallest absolute Gasteiger partial charge is 0.433 e. The number of rotatable bonds is 4. The number of alkyl halides is 3. The minimum absolute atomic E-state index is 0.0414. The summed E-state index contributed by atoms with van der Waals surface area (Å²) in [5.74, 6) is -1.27. The molecule has 0 bridgehead atoms. The largest absolute Gasteiger partial charge is 0.481 e. The third-order valence-corrected chi connectivity index (χ3v) is 2.41. The molecule has 1 heterocycles. The van der Waals surface area contributed by atoms with Gasteiger partial charge in [-0.2, -0.15) is 13.2 Å². The second-order valence-corrected chi connectivity index (χ2v) is 5.28. The summed E-state index contributed by atoms with van der Waals surface area (Å²) in [5.41, 5.74) is -1.39. The van der Waals surface area contributed by atoms with E-state index in [0.29, 0.717) is 0 Å².